The molecule has 8 heteroatoms. The van der Waals surface area contributed by atoms with Crippen LogP contribution < -0.4 is 5.32 Å². The first-order valence-corrected chi connectivity index (χ1v) is 11.5. The van der Waals surface area contributed by atoms with Gasteiger partial charge >= 0.3 is 0 Å². The lowest BCUT2D eigenvalue weighted by atomic mass is 10.0. The lowest BCUT2D eigenvalue weighted by Gasteiger charge is -2.25. The highest BCUT2D eigenvalue weighted by atomic mass is 35.5. The Morgan fingerprint density at radius 2 is 2.03 bits per heavy atom. The number of carbonyl (C=O) groups is 2. The van der Waals surface area contributed by atoms with Crippen molar-refractivity contribution in [1.82, 2.24) is 4.90 Å². The van der Waals surface area contributed by atoms with E-state index < -0.39 is 6.04 Å². The lowest BCUT2D eigenvalue weighted by molar-refractivity contribution is -0.125. The number of para-hydroxylation sites is 1. The number of nitrogens with zero attached hydrogens (tertiary/aromatic N) is 3. The molecule has 2 heterocycles. The van der Waals surface area contributed by atoms with Crippen LogP contribution in [0.3, 0.4) is 0 Å². The van der Waals surface area contributed by atoms with E-state index in [9.17, 15) is 9.59 Å². The molecule has 0 saturated heterocycles. The maximum absolute atomic E-state index is 13.1. The number of hydrogen-bond donors (Lipinski definition) is 1. The number of amidine groups is 2. The summed E-state index contributed by atoms with van der Waals surface area (Å²) in [6.45, 7) is 6.05. The maximum atomic E-state index is 13.1. The molecule has 2 amide bonds. The third kappa shape index (κ3) is 4.52. The van der Waals surface area contributed by atoms with Gasteiger partial charge in [0.2, 0.25) is 5.91 Å². The summed E-state index contributed by atoms with van der Waals surface area (Å²) >= 11 is 7.27. The van der Waals surface area contributed by atoms with Gasteiger partial charge in [-0.05, 0) is 49.1 Å². The summed E-state index contributed by atoms with van der Waals surface area (Å²) in [6.07, 6.45) is 0.674. The molecule has 6 nitrogen and oxygen atoms in total. The zero-order chi connectivity index (χ0) is 22.1. The van der Waals surface area contributed by atoms with Crippen LogP contribution in [0.5, 0.6) is 0 Å². The number of aliphatic imine (C=N–C) groups is 2. The van der Waals surface area contributed by atoms with E-state index in [0.717, 1.165) is 16.8 Å². The lowest BCUT2D eigenvalue weighted by Crippen LogP contribution is -2.41. The molecular weight excluding hydrogens is 432 g/mol. The van der Waals surface area contributed by atoms with E-state index in [0.29, 0.717) is 34.1 Å². The standard InChI is InChI=1S/C23H23ClN4O2S/c1-13(2)10-19-22(30)28-21(26-19)16-6-4-5-7-17(16)27-23(28)31-12-20(29)25-18-11-15(24)9-8-14(18)3/h4-9,11,13,19H,10,12H2,1-3H3,(H,25,29)/t19-/m1/s1. The number of rotatable bonds is 5. The number of nitrogens with one attached hydrogen (secondary N) is 1. The fourth-order valence-electron chi connectivity index (χ4n) is 3.54. The Kier molecular flexibility index (Phi) is 6.16. The summed E-state index contributed by atoms with van der Waals surface area (Å²) in [6, 6.07) is 12.6. The average molecular weight is 455 g/mol. The summed E-state index contributed by atoms with van der Waals surface area (Å²) in [4.78, 5) is 36.7. The van der Waals surface area contributed by atoms with Gasteiger partial charge in [0.05, 0.1) is 11.4 Å². The molecule has 0 bridgehead atoms. The van der Waals surface area contributed by atoms with Gasteiger partial charge in [-0.3, -0.25) is 14.6 Å². The molecule has 160 valence electrons. The highest BCUT2D eigenvalue weighted by Gasteiger charge is 2.41. The fourth-order valence-corrected chi connectivity index (χ4v) is 4.52. The Labute approximate surface area is 190 Å². The smallest absolute Gasteiger partial charge is 0.259 e. The van der Waals surface area contributed by atoms with Gasteiger partial charge in [0.1, 0.15) is 11.9 Å². The molecule has 1 atom stereocenters. The molecule has 2 aliphatic rings. The van der Waals surface area contributed by atoms with Crippen LogP contribution in [0.2, 0.25) is 5.02 Å². The van der Waals surface area contributed by atoms with Crippen LogP contribution in [0, 0.1) is 12.8 Å². The molecule has 0 saturated carbocycles. The van der Waals surface area contributed by atoms with Crippen LogP contribution in [0.4, 0.5) is 11.4 Å². The summed E-state index contributed by atoms with van der Waals surface area (Å²) in [5.74, 6) is 0.791. The Morgan fingerprint density at radius 3 is 2.81 bits per heavy atom. The second kappa shape index (κ2) is 8.85. The van der Waals surface area contributed by atoms with Crippen molar-refractivity contribution in [3.05, 3.63) is 58.6 Å². The predicted molar refractivity (Wildman–Crippen MR) is 127 cm³/mol. The zero-order valence-electron chi connectivity index (χ0n) is 17.6. The van der Waals surface area contributed by atoms with E-state index in [2.05, 4.69) is 24.2 Å². The van der Waals surface area contributed by atoms with Gasteiger partial charge < -0.3 is 5.32 Å². The number of benzene rings is 2. The van der Waals surface area contributed by atoms with Crippen LogP contribution in [-0.4, -0.2) is 39.5 Å². The van der Waals surface area contributed by atoms with Crippen molar-refractivity contribution in [2.75, 3.05) is 11.1 Å². The highest BCUT2D eigenvalue weighted by Crippen LogP contribution is 2.34. The van der Waals surface area contributed by atoms with Crippen molar-refractivity contribution in [2.24, 2.45) is 15.9 Å². The first-order valence-electron chi connectivity index (χ1n) is 10.1. The van der Waals surface area contributed by atoms with E-state index in [-0.39, 0.29) is 17.6 Å². The van der Waals surface area contributed by atoms with E-state index in [1.54, 1.807) is 17.0 Å². The van der Waals surface area contributed by atoms with E-state index in [1.165, 1.54) is 11.8 Å². The number of carbonyl (C=O) groups excluding carboxylic acids is 2. The third-order valence-electron chi connectivity index (χ3n) is 5.05. The molecule has 31 heavy (non-hydrogen) atoms. The van der Waals surface area contributed by atoms with E-state index in [1.807, 2.05) is 37.3 Å². The van der Waals surface area contributed by atoms with Crippen molar-refractivity contribution in [3.63, 3.8) is 0 Å². The Bertz CT molecular complexity index is 1110. The minimum absolute atomic E-state index is 0.0875. The molecule has 2 aromatic rings. The summed E-state index contributed by atoms with van der Waals surface area (Å²) in [5, 5.41) is 3.92. The topological polar surface area (TPSA) is 74.1 Å². The molecule has 0 radical (unpaired) electrons. The van der Waals surface area contributed by atoms with Crippen molar-refractivity contribution in [3.8, 4) is 0 Å². The summed E-state index contributed by atoms with van der Waals surface area (Å²) < 4.78 is 0. The number of hydrogen-bond acceptors (Lipinski definition) is 5. The fraction of sp³-hybridized carbons (Fsp3) is 0.304. The Morgan fingerprint density at radius 1 is 1.26 bits per heavy atom. The Hall–Kier alpha value is -2.64. The summed E-state index contributed by atoms with van der Waals surface area (Å²) in [7, 11) is 0. The van der Waals surface area contributed by atoms with Gasteiger partial charge in [-0.1, -0.05) is 55.4 Å². The highest BCUT2D eigenvalue weighted by molar-refractivity contribution is 8.14. The van der Waals surface area contributed by atoms with E-state index in [4.69, 9.17) is 16.6 Å². The molecule has 0 aromatic heterocycles. The Balaban J connectivity index is 1.55. The maximum Gasteiger partial charge on any atom is 0.259 e. The quantitative estimate of drug-likeness (QED) is 0.688. The second-order valence-electron chi connectivity index (χ2n) is 7.98. The number of thioether (sulfide) groups is 1. The SMILES string of the molecule is Cc1ccc(Cl)cc1NC(=O)CSC1=Nc2ccccc2C2=N[C@H](CC(C)C)C(=O)N12. The van der Waals surface area contributed by atoms with Gasteiger partial charge in [0, 0.05) is 16.3 Å². The minimum atomic E-state index is -0.421. The molecule has 1 N–H and O–H groups in total. The van der Waals surface area contributed by atoms with E-state index >= 15 is 0 Å². The largest absolute Gasteiger partial charge is 0.325 e. The number of aryl methyl sites for hydroxylation is 1. The molecule has 0 aliphatic carbocycles. The normalized spacial score (nSPS) is 17.3. The molecule has 2 aromatic carbocycles. The summed E-state index contributed by atoms with van der Waals surface area (Å²) in [5.41, 5.74) is 3.19. The predicted octanol–water partition coefficient (Wildman–Crippen LogP) is 5.02. The molecule has 0 spiro atoms. The molecule has 0 fully saturated rings. The molecule has 0 unspecified atom stereocenters. The number of anilines is 1. The second-order valence-corrected chi connectivity index (χ2v) is 9.36. The molecule has 4 rings (SSSR count). The first kappa shape index (κ1) is 21.6. The third-order valence-corrected chi connectivity index (χ3v) is 6.22. The monoisotopic (exact) mass is 454 g/mol. The van der Waals surface area contributed by atoms with Gasteiger partial charge in [-0.15, -0.1) is 0 Å². The molecular formula is C23H23ClN4O2S. The number of fused-ring (bicyclic) bond motifs is 3. The molecule has 2 aliphatic heterocycles. The van der Waals surface area contributed by atoms with Gasteiger partial charge in [-0.25, -0.2) is 9.89 Å². The zero-order valence-corrected chi connectivity index (χ0v) is 19.1. The van der Waals surface area contributed by atoms with Gasteiger partial charge in [0.25, 0.3) is 5.91 Å². The van der Waals surface area contributed by atoms with Crippen LogP contribution in [0.15, 0.2) is 52.4 Å². The first-order chi connectivity index (χ1) is 14.8. The van der Waals surface area contributed by atoms with Crippen molar-refractivity contribution >= 4 is 57.6 Å². The number of halogens is 1. The van der Waals surface area contributed by atoms with Crippen LogP contribution >= 0.6 is 23.4 Å². The van der Waals surface area contributed by atoms with Crippen LogP contribution in [0.25, 0.3) is 0 Å². The minimum Gasteiger partial charge on any atom is -0.325 e. The number of amides is 2. The van der Waals surface area contributed by atoms with Gasteiger partial charge in [-0.2, -0.15) is 0 Å². The average Bonchev–Trinajstić information content (AvgIpc) is 3.05. The van der Waals surface area contributed by atoms with Crippen molar-refractivity contribution in [2.45, 2.75) is 33.2 Å². The van der Waals surface area contributed by atoms with Crippen LogP contribution in [0.1, 0.15) is 31.4 Å². The van der Waals surface area contributed by atoms with Crippen molar-refractivity contribution in [1.29, 1.82) is 0 Å². The van der Waals surface area contributed by atoms with Crippen LogP contribution in [-0.2, 0) is 9.59 Å². The van der Waals surface area contributed by atoms with Crippen molar-refractivity contribution < 1.29 is 9.59 Å². The van der Waals surface area contributed by atoms with Gasteiger partial charge in [0.15, 0.2) is 5.17 Å².